The molecule has 0 amide bonds. The standard InChI is InChI=1S/C6H4F8/c1-2-4(9,10)6(13,14)5(11,12)3(7)8/h2-3H,1H2. The molecule has 0 aliphatic heterocycles. The van der Waals surface area contributed by atoms with Crippen molar-refractivity contribution in [3.63, 3.8) is 0 Å². The highest BCUT2D eigenvalue weighted by Gasteiger charge is 2.74. The van der Waals surface area contributed by atoms with Gasteiger partial charge in [-0.2, -0.15) is 26.3 Å². The number of halogens is 8. The minimum Gasteiger partial charge on any atom is -0.203 e. The number of hydrogen-bond acceptors (Lipinski definition) is 0. The Morgan fingerprint density at radius 2 is 1.29 bits per heavy atom. The van der Waals surface area contributed by atoms with Crippen molar-refractivity contribution in [3.05, 3.63) is 12.7 Å². The lowest BCUT2D eigenvalue weighted by molar-refractivity contribution is -0.324. The fraction of sp³-hybridized carbons (Fsp3) is 0.667. The third-order valence-corrected chi connectivity index (χ3v) is 1.37. The van der Waals surface area contributed by atoms with Crippen molar-refractivity contribution in [2.45, 2.75) is 24.2 Å². The molecule has 14 heavy (non-hydrogen) atoms. The average Bonchev–Trinajstić information content (AvgIpc) is 2.03. The van der Waals surface area contributed by atoms with Gasteiger partial charge in [0.15, 0.2) is 0 Å². The lowest BCUT2D eigenvalue weighted by Gasteiger charge is -2.30. The van der Waals surface area contributed by atoms with Crippen LogP contribution < -0.4 is 0 Å². The SMILES string of the molecule is C=CC(F)(F)C(F)(F)C(F)(F)C(F)F. The molecule has 0 radical (unpaired) electrons. The van der Waals surface area contributed by atoms with Gasteiger partial charge < -0.3 is 0 Å². The molecular weight excluding hydrogens is 224 g/mol. The van der Waals surface area contributed by atoms with Crippen LogP contribution in [0.4, 0.5) is 35.1 Å². The van der Waals surface area contributed by atoms with Gasteiger partial charge in [-0.1, -0.05) is 6.58 Å². The van der Waals surface area contributed by atoms with Crippen molar-refractivity contribution in [2.75, 3.05) is 0 Å². The Balaban J connectivity index is 5.24. The number of rotatable bonds is 4. The van der Waals surface area contributed by atoms with Crippen LogP contribution in [0.3, 0.4) is 0 Å². The molecule has 0 aliphatic carbocycles. The Morgan fingerprint density at radius 1 is 0.929 bits per heavy atom. The van der Waals surface area contributed by atoms with E-state index in [9.17, 15) is 35.1 Å². The zero-order chi connectivity index (χ0) is 11.8. The Morgan fingerprint density at radius 3 is 1.50 bits per heavy atom. The summed E-state index contributed by atoms with van der Waals surface area (Å²) in [7, 11) is 0. The maximum atomic E-state index is 12.2. The Bertz CT molecular complexity index is 218. The second kappa shape index (κ2) is 3.39. The smallest absolute Gasteiger partial charge is 0.203 e. The van der Waals surface area contributed by atoms with Gasteiger partial charge >= 0.3 is 24.2 Å². The zero-order valence-electron chi connectivity index (χ0n) is 6.39. The Labute approximate surface area is 73.2 Å². The first-order chi connectivity index (χ1) is 6.00. The first kappa shape index (κ1) is 13.2. The summed E-state index contributed by atoms with van der Waals surface area (Å²) < 4.78 is 95.3. The van der Waals surface area contributed by atoms with Crippen molar-refractivity contribution in [1.82, 2.24) is 0 Å². The van der Waals surface area contributed by atoms with Crippen molar-refractivity contribution in [3.8, 4) is 0 Å². The molecule has 0 N–H and O–H groups in total. The van der Waals surface area contributed by atoms with E-state index >= 15 is 0 Å². The maximum absolute atomic E-state index is 12.2. The summed E-state index contributed by atoms with van der Waals surface area (Å²) in [6, 6.07) is 0. The third kappa shape index (κ3) is 1.69. The summed E-state index contributed by atoms with van der Waals surface area (Å²) in [6.45, 7) is 2.16. The second-order valence-corrected chi connectivity index (χ2v) is 2.33. The summed E-state index contributed by atoms with van der Waals surface area (Å²) in [5.41, 5.74) is 0. The fourth-order valence-corrected chi connectivity index (χ4v) is 0.487. The molecule has 0 fully saturated rings. The molecule has 0 saturated heterocycles. The quantitative estimate of drug-likeness (QED) is 0.511. The summed E-state index contributed by atoms with van der Waals surface area (Å²) in [4.78, 5) is 0. The lowest BCUT2D eigenvalue weighted by Crippen LogP contribution is -2.56. The van der Waals surface area contributed by atoms with Crippen LogP contribution >= 0.6 is 0 Å². The molecule has 0 bridgehead atoms. The van der Waals surface area contributed by atoms with E-state index in [1.54, 1.807) is 0 Å². The molecule has 0 spiro atoms. The molecule has 0 nitrogen and oxygen atoms in total. The maximum Gasteiger partial charge on any atom is 0.381 e. The van der Waals surface area contributed by atoms with Crippen molar-refractivity contribution < 1.29 is 35.1 Å². The summed E-state index contributed by atoms with van der Waals surface area (Å²) in [5.74, 6) is -17.7. The van der Waals surface area contributed by atoms with E-state index in [4.69, 9.17) is 0 Å². The predicted molar refractivity (Wildman–Crippen MR) is 31.0 cm³/mol. The molecule has 0 rings (SSSR count). The van der Waals surface area contributed by atoms with Crippen LogP contribution in [-0.4, -0.2) is 24.2 Å². The molecule has 0 aliphatic rings. The van der Waals surface area contributed by atoms with Gasteiger partial charge in [-0.05, 0) is 6.08 Å². The van der Waals surface area contributed by atoms with Gasteiger partial charge in [0.2, 0.25) is 0 Å². The topological polar surface area (TPSA) is 0 Å². The van der Waals surface area contributed by atoms with Crippen LogP contribution in [0, 0.1) is 0 Å². The highest BCUT2D eigenvalue weighted by molar-refractivity contribution is 5.05. The van der Waals surface area contributed by atoms with E-state index in [1.807, 2.05) is 0 Å². The number of alkyl halides is 8. The van der Waals surface area contributed by atoms with Crippen LogP contribution in [0.1, 0.15) is 0 Å². The number of allylic oxidation sites excluding steroid dienone is 1. The van der Waals surface area contributed by atoms with Gasteiger partial charge in [-0.3, -0.25) is 0 Å². The normalized spacial score (nSPS) is 14.6. The molecule has 84 valence electrons. The molecule has 0 aromatic rings. The second-order valence-electron chi connectivity index (χ2n) is 2.33. The first-order valence-corrected chi connectivity index (χ1v) is 3.06. The monoisotopic (exact) mass is 228 g/mol. The van der Waals surface area contributed by atoms with Gasteiger partial charge in [0.25, 0.3) is 0 Å². The van der Waals surface area contributed by atoms with Gasteiger partial charge in [0.05, 0.1) is 0 Å². The molecule has 8 heteroatoms. The molecule has 0 heterocycles. The molecule has 0 saturated carbocycles. The van der Waals surface area contributed by atoms with Gasteiger partial charge in [-0.15, -0.1) is 0 Å². The van der Waals surface area contributed by atoms with Crippen LogP contribution in [0.5, 0.6) is 0 Å². The summed E-state index contributed by atoms with van der Waals surface area (Å²) in [6.07, 6.45) is -5.69. The van der Waals surface area contributed by atoms with Gasteiger partial charge in [-0.25, -0.2) is 8.78 Å². The largest absolute Gasteiger partial charge is 0.381 e. The van der Waals surface area contributed by atoms with E-state index in [1.165, 1.54) is 0 Å². The van der Waals surface area contributed by atoms with Gasteiger partial charge in [0.1, 0.15) is 0 Å². The van der Waals surface area contributed by atoms with E-state index in [0.29, 0.717) is 0 Å². The highest BCUT2D eigenvalue weighted by atomic mass is 19.4. The van der Waals surface area contributed by atoms with E-state index in [-0.39, 0.29) is 0 Å². The molecule has 0 atom stereocenters. The predicted octanol–water partition coefficient (Wildman–Crippen LogP) is 3.34. The fourth-order valence-electron chi connectivity index (χ4n) is 0.487. The molecule has 0 aromatic carbocycles. The lowest BCUT2D eigenvalue weighted by atomic mass is 10.1. The summed E-state index contributed by atoms with van der Waals surface area (Å²) >= 11 is 0. The van der Waals surface area contributed by atoms with Crippen molar-refractivity contribution in [1.29, 1.82) is 0 Å². The summed E-state index contributed by atoms with van der Waals surface area (Å²) in [5, 5.41) is 0. The van der Waals surface area contributed by atoms with E-state index in [0.717, 1.165) is 0 Å². The zero-order valence-corrected chi connectivity index (χ0v) is 6.39. The van der Waals surface area contributed by atoms with E-state index < -0.39 is 30.3 Å². The van der Waals surface area contributed by atoms with Crippen molar-refractivity contribution in [2.24, 2.45) is 0 Å². The minimum absolute atomic E-state index is 0.802. The van der Waals surface area contributed by atoms with Crippen LogP contribution in [0.25, 0.3) is 0 Å². The van der Waals surface area contributed by atoms with Gasteiger partial charge in [0, 0.05) is 0 Å². The van der Waals surface area contributed by atoms with E-state index in [2.05, 4.69) is 6.58 Å². The Kier molecular flexibility index (Phi) is 3.19. The van der Waals surface area contributed by atoms with Crippen LogP contribution in [0.2, 0.25) is 0 Å². The molecular formula is C6H4F8. The Hall–Kier alpha value is -0.820. The molecule has 0 aromatic heterocycles. The third-order valence-electron chi connectivity index (χ3n) is 1.37. The first-order valence-electron chi connectivity index (χ1n) is 3.06. The van der Waals surface area contributed by atoms with Crippen LogP contribution in [0.15, 0.2) is 12.7 Å². The number of hydrogen-bond donors (Lipinski definition) is 0. The van der Waals surface area contributed by atoms with Crippen LogP contribution in [-0.2, 0) is 0 Å². The van der Waals surface area contributed by atoms with Crippen molar-refractivity contribution >= 4 is 0 Å². The average molecular weight is 228 g/mol. The highest BCUT2D eigenvalue weighted by Crippen LogP contribution is 2.48. The minimum atomic E-state index is -6.17. The molecule has 0 unspecified atom stereocenters.